The molecular weight excluding hydrogens is 849 g/mol. The van der Waals surface area contributed by atoms with Crippen LogP contribution < -0.4 is 4.40 Å². The van der Waals surface area contributed by atoms with E-state index in [1.807, 2.05) is 137 Å². The fraction of sp³-hybridized carbons (Fsp3) is 0.205. The minimum Gasteiger partial charge on any atom is 0 e. The number of nitrogens with zero attached hydrogens (tertiary/aromatic N) is 4. The number of para-hydroxylation sites is 3. The van der Waals surface area contributed by atoms with Crippen molar-refractivity contribution >= 4 is 28.7 Å². The third-order valence-corrected chi connectivity index (χ3v) is 12.8. The van der Waals surface area contributed by atoms with Crippen LogP contribution in [0.25, 0.3) is 50.6 Å². The van der Waals surface area contributed by atoms with Gasteiger partial charge >= 0.3 is 134 Å². The second-order valence-electron chi connectivity index (χ2n) is 13.6. The molecule has 4 aromatic carbocycles. The summed E-state index contributed by atoms with van der Waals surface area (Å²) in [5.74, 6) is 6.25. The second-order valence-corrected chi connectivity index (χ2v) is 24.3. The number of hydrogen-bond donors (Lipinski definition) is 0. The van der Waals surface area contributed by atoms with E-state index in [4.69, 9.17) is 7.73 Å². The van der Waals surface area contributed by atoms with Gasteiger partial charge in [-0.3, -0.25) is 4.98 Å². The predicted molar refractivity (Wildman–Crippen MR) is 208 cm³/mol. The van der Waals surface area contributed by atoms with Crippen LogP contribution in [0.3, 0.4) is 0 Å². The van der Waals surface area contributed by atoms with Gasteiger partial charge in [-0.2, -0.15) is 0 Å². The first-order chi connectivity index (χ1) is 24.2. The van der Waals surface area contributed by atoms with Crippen LogP contribution in [0.15, 0.2) is 128 Å². The molecule has 1 radical (unpaired) electrons. The van der Waals surface area contributed by atoms with Gasteiger partial charge in [-0.05, 0) is 35.0 Å². The summed E-state index contributed by atoms with van der Waals surface area (Å²) in [4.78, 5) is 14.0. The van der Waals surface area contributed by atoms with Gasteiger partial charge in [0.25, 0.3) is 0 Å². The van der Waals surface area contributed by atoms with Gasteiger partial charge in [0.05, 0.1) is 16.9 Å². The van der Waals surface area contributed by atoms with E-state index < -0.39 is 25.1 Å². The second kappa shape index (κ2) is 16.2. The van der Waals surface area contributed by atoms with E-state index in [0.717, 1.165) is 61.8 Å². The Labute approximate surface area is 316 Å². The van der Waals surface area contributed by atoms with Crippen LogP contribution in [-0.4, -0.2) is 32.8 Å². The molecule has 0 atom stereocenters. The summed E-state index contributed by atoms with van der Waals surface area (Å²) in [5.41, 5.74) is 9.36. The van der Waals surface area contributed by atoms with Crippen LogP contribution in [0, 0.1) is 12.1 Å². The molecule has 0 amide bonds. The molecule has 4 nitrogen and oxygen atoms in total. The zero-order valence-electron chi connectivity index (χ0n) is 31.7. The maximum Gasteiger partial charge on any atom is 0 e. The van der Waals surface area contributed by atoms with Crippen LogP contribution >= 0.6 is 0 Å². The quantitative estimate of drug-likeness (QED) is 0.118. The van der Waals surface area contributed by atoms with Crippen molar-refractivity contribution in [3.05, 3.63) is 151 Å². The summed E-state index contributed by atoms with van der Waals surface area (Å²) in [7, 11) is 0. The maximum absolute atomic E-state index is 8.80. The Morgan fingerprint density at radius 1 is 0.680 bits per heavy atom. The van der Waals surface area contributed by atoms with E-state index >= 15 is 0 Å². The Kier molecular flexibility index (Phi) is 11.1. The van der Waals surface area contributed by atoms with E-state index in [9.17, 15) is 0 Å². The molecule has 0 saturated carbocycles. The van der Waals surface area contributed by atoms with Crippen molar-refractivity contribution in [3.63, 3.8) is 0 Å². The van der Waals surface area contributed by atoms with E-state index in [2.05, 4.69) is 62.1 Å². The van der Waals surface area contributed by atoms with Crippen molar-refractivity contribution in [2.45, 2.75) is 56.8 Å². The Bertz CT molecular complexity index is 2220. The molecule has 0 aliphatic carbocycles. The van der Waals surface area contributed by atoms with Gasteiger partial charge in [0.15, 0.2) is 0 Å². The smallest absolute Gasteiger partial charge is 0 e. The number of benzene rings is 4. The van der Waals surface area contributed by atoms with Crippen molar-refractivity contribution < 1.29 is 22.8 Å². The number of pyridine rings is 2. The first-order valence-corrected chi connectivity index (χ1v) is 24.0. The van der Waals surface area contributed by atoms with Crippen LogP contribution in [-0.2, 0) is 20.1 Å². The van der Waals surface area contributed by atoms with Gasteiger partial charge < -0.3 is 4.57 Å². The molecule has 6 heteroatoms. The zero-order valence-corrected chi connectivity index (χ0v) is 34.2. The fourth-order valence-electron chi connectivity index (χ4n) is 5.85. The van der Waals surface area contributed by atoms with Crippen molar-refractivity contribution in [2.75, 3.05) is 0 Å². The largest absolute Gasteiger partial charge is 0 e. The average molecular weight is 896 g/mol. The summed E-state index contributed by atoms with van der Waals surface area (Å²) in [6.45, 7) is 7.56. The van der Waals surface area contributed by atoms with E-state index in [1.165, 1.54) is 4.40 Å². The van der Waals surface area contributed by atoms with E-state index in [0.29, 0.717) is 0 Å². The van der Waals surface area contributed by atoms with Crippen molar-refractivity contribution in [2.24, 2.45) is 0 Å². The zero-order chi connectivity index (χ0) is 36.4. The molecule has 0 unspecified atom stereocenters. The number of aromatic nitrogens is 4. The van der Waals surface area contributed by atoms with Crippen molar-refractivity contribution in [1.29, 1.82) is 0 Å². The first kappa shape index (κ1) is 34.3. The molecule has 7 rings (SSSR count). The van der Waals surface area contributed by atoms with E-state index in [1.54, 1.807) is 0 Å². The average Bonchev–Trinajstić information content (AvgIpc) is 3.51. The molecular formula is C44H44GeIrN4-2. The van der Waals surface area contributed by atoms with E-state index in [-0.39, 0.29) is 20.1 Å². The van der Waals surface area contributed by atoms with Crippen LogP contribution in [0.2, 0.25) is 17.3 Å². The number of fused-ring (bicyclic) bond motifs is 1. The molecule has 0 aliphatic rings. The maximum atomic E-state index is 8.80. The van der Waals surface area contributed by atoms with Crippen molar-refractivity contribution in [3.8, 4) is 39.6 Å². The topological polar surface area (TPSA) is 43.6 Å². The third kappa shape index (κ3) is 8.24. The van der Waals surface area contributed by atoms with Gasteiger partial charge in [0, 0.05) is 28.5 Å². The van der Waals surface area contributed by atoms with Crippen molar-refractivity contribution in [1.82, 2.24) is 19.5 Å². The SMILES string of the molecule is [2H]C(C)(C)c1cccc(C([2H])(C)C)c1-n1c(-c2[c-]cccc2)nc2ccccc21.[CH3][Ge]([CH3])([CH3])[c]1ccc(-c2ccnc(-c3[c-]cccc3)c2)nc1.[Ir]. The van der Waals surface area contributed by atoms with Gasteiger partial charge in [-0.1, -0.05) is 58.0 Å². The summed E-state index contributed by atoms with van der Waals surface area (Å²) in [6, 6.07) is 44.6. The third-order valence-electron chi connectivity index (χ3n) is 8.52. The summed E-state index contributed by atoms with van der Waals surface area (Å²) >= 11 is -1.80. The molecule has 0 aliphatic heterocycles. The molecule has 7 aromatic rings. The normalized spacial score (nSPS) is 12.3. The Morgan fingerprint density at radius 2 is 1.32 bits per heavy atom. The standard InChI is InChI=1S/C25H25N2.C19H19GeN2.Ir/c1-17(2)20-13-10-14-21(18(3)4)24(20)27-23-16-9-8-15-22(23)26-25(27)19-11-6-5-7-12-19;1-20(2,3)17-9-10-18(22-14-17)16-11-12-21-19(13-16)15-7-5-4-6-8-15;/h5-11,13-18H,1-4H3;4-7,9-14H,1-3H3;/q2*-1;/i17D,18D;;. The van der Waals surface area contributed by atoms with Crippen LogP contribution in [0.5, 0.6) is 0 Å². The minimum absolute atomic E-state index is 0. The van der Waals surface area contributed by atoms with Gasteiger partial charge in [-0.25, -0.2) is 0 Å². The molecule has 0 N–H and O–H groups in total. The molecule has 0 fully saturated rings. The van der Waals surface area contributed by atoms with Gasteiger partial charge in [0.2, 0.25) is 0 Å². The van der Waals surface area contributed by atoms with Crippen LogP contribution in [0.1, 0.15) is 53.4 Å². The van der Waals surface area contributed by atoms with Gasteiger partial charge in [-0.15, -0.1) is 35.9 Å². The summed E-state index contributed by atoms with van der Waals surface area (Å²) in [6.07, 6.45) is 3.88. The number of hydrogen-bond acceptors (Lipinski definition) is 3. The molecule has 3 aromatic heterocycles. The number of imidazole rings is 1. The minimum atomic E-state index is -1.80. The molecule has 3 heterocycles. The fourth-order valence-corrected chi connectivity index (χ4v) is 8.03. The molecule has 255 valence electrons. The molecule has 50 heavy (non-hydrogen) atoms. The summed E-state index contributed by atoms with van der Waals surface area (Å²) < 4.78 is 21.1. The molecule has 0 saturated heterocycles. The Morgan fingerprint density at radius 3 is 1.90 bits per heavy atom. The predicted octanol–water partition coefficient (Wildman–Crippen LogP) is 10.9. The molecule has 0 bridgehead atoms. The Balaban J connectivity index is 0.000000205. The van der Waals surface area contributed by atoms with Gasteiger partial charge in [0.1, 0.15) is 0 Å². The first-order valence-electron chi connectivity index (χ1n) is 17.7. The Hall–Kier alpha value is -4.16. The molecule has 0 spiro atoms. The van der Waals surface area contributed by atoms with Crippen LogP contribution in [0.4, 0.5) is 0 Å². The monoisotopic (exact) mass is 897 g/mol. The number of rotatable bonds is 7. The summed E-state index contributed by atoms with van der Waals surface area (Å²) in [5, 5.41) is 0.